The van der Waals surface area contributed by atoms with Crippen LogP contribution in [0, 0.1) is 9.49 Å². The first kappa shape index (κ1) is 25.9. The molecular weight excluding hydrogens is 523 g/mol. The van der Waals surface area contributed by atoms with Gasteiger partial charge in [-0.1, -0.05) is 42.5 Å². The highest BCUT2D eigenvalue weighted by atomic mass is 127. The number of phenols is 1. The molecule has 0 saturated carbocycles. The molecule has 0 bridgehead atoms. The molecule has 0 spiro atoms. The molecule has 3 atom stereocenters. The van der Waals surface area contributed by atoms with Crippen molar-refractivity contribution in [2.45, 2.75) is 32.0 Å². The molecule has 2 aromatic rings. The predicted octanol–water partition coefficient (Wildman–Crippen LogP) is 4.41. The molecule has 0 unspecified atom stereocenters. The van der Waals surface area contributed by atoms with E-state index in [9.17, 15) is 20.1 Å². The highest BCUT2D eigenvalue weighted by Gasteiger charge is 2.30. The summed E-state index contributed by atoms with van der Waals surface area (Å²) < 4.78 is 10.8. The number of hydrogen-bond donors (Lipinski definition) is 3. The quantitative estimate of drug-likeness (QED) is 0.166. The molecule has 32 heavy (non-hydrogen) atoms. The summed E-state index contributed by atoms with van der Waals surface area (Å²) in [4.78, 5) is 11.9. The minimum absolute atomic E-state index is 0.0868. The normalized spacial score (nSPS) is 14.3. The van der Waals surface area contributed by atoms with Crippen LogP contribution in [0.4, 0.5) is 0 Å². The molecule has 0 aliphatic carbocycles. The third-order valence-corrected chi connectivity index (χ3v) is 5.90. The zero-order valence-electron chi connectivity index (χ0n) is 18.2. The van der Waals surface area contributed by atoms with Gasteiger partial charge in [0.25, 0.3) is 0 Å². The molecule has 2 rings (SSSR count). The molecule has 6 nitrogen and oxygen atoms in total. The number of aliphatic hydroxyl groups excluding tert-OH is 2. The molecule has 3 N–H and O–H groups in total. The Hall–Kier alpha value is -2.36. The lowest BCUT2D eigenvalue weighted by atomic mass is 9.89. The van der Waals surface area contributed by atoms with Crippen molar-refractivity contribution in [3.05, 3.63) is 69.8 Å². The van der Waals surface area contributed by atoms with Gasteiger partial charge in [0, 0.05) is 5.92 Å². The van der Waals surface area contributed by atoms with E-state index in [4.69, 9.17) is 9.47 Å². The summed E-state index contributed by atoms with van der Waals surface area (Å²) in [6.07, 6.45) is 1.65. The van der Waals surface area contributed by atoms with E-state index in [0.717, 1.165) is 16.7 Å². The zero-order valence-corrected chi connectivity index (χ0v) is 20.4. The standard InChI is InChI=1S/C25H29IO6/c1-4-19(23(28)25(30)32-5-2)21(27)12-11-18(17-9-7-6-8-10-17)13-16-14-20(26)24(29)22(15-16)31-3/h4,6-10,13-15,19,21,23,27-29H,1,5,11-12H2,2-3H3/b18-13-/t19-,21-,23+/m1/s1. The van der Waals surface area contributed by atoms with E-state index in [1.54, 1.807) is 13.0 Å². The molecule has 0 aliphatic heterocycles. The van der Waals surface area contributed by atoms with Gasteiger partial charge in [0.2, 0.25) is 0 Å². The maximum absolute atomic E-state index is 11.9. The number of carbonyl (C=O) groups excluding carboxylic acids is 1. The lowest BCUT2D eigenvalue weighted by molar-refractivity contribution is -0.157. The van der Waals surface area contributed by atoms with Crippen LogP contribution in [0.15, 0.2) is 55.1 Å². The number of ether oxygens (including phenoxy) is 2. The van der Waals surface area contributed by atoms with Crippen LogP contribution in [0.25, 0.3) is 11.6 Å². The van der Waals surface area contributed by atoms with Gasteiger partial charge < -0.3 is 24.8 Å². The fourth-order valence-corrected chi connectivity index (χ4v) is 3.99. The van der Waals surface area contributed by atoms with Gasteiger partial charge in [-0.2, -0.15) is 0 Å². The molecule has 0 heterocycles. The average Bonchev–Trinajstić information content (AvgIpc) is 2.79. The van der Waals surface area contributed by atoms with Crippen molar-refractivity contribution in [3.8, 4) is 11.5 Å². The molecule has 7 heteroatoms. The first-order valence-electron chi connectivity index (χ1n) is 10.3. The van der Waals surface area contributed by atoms with Crippen molar-refractivity contribution in [1.82, 2.24) is 0 Å². The summed E-state index contributed by atoms with van der Waals surface area (Å²) in [5.41, 5.74) is 2.76. The van der Waals surface area contributed by atoms with Crippen LogP contribution in [0.2, 0.25) is 0 Å². The zero-order chi connectivity index (χ0) is 23.7. The second kappa shape index (κ2) is 12.6. The summed E-state index contributed by atoms with van der Waals surface area (Å²) in [7, 11) is 1.50. The van der Waals surface area contributed by atoms with Crippen LogP contribution in [-0.4, -0.2) is 47.2 Å². The number of rotatable bonds is 11. The van der Waals surface area contributed by atoms with E-state index < -0.39 is 24.1 Å². The molecule has 0 radical (unpaired) electrons. The van der Waals surface area contributed by atoms with Gasteiger partial charge in [0.1, 0.15) is 0 Å². The first-order valence-corrected chi connectivity index (χ1v) is 11.4. The van der Waals surface area contributed by atoms with E-state index in [1.807, 2.05) is 65.1 Å². The van der Waals surface area contributed by atoms with Gasteiger partial charge >= 0.3 is 5.97 Å². The summed E-state index contributed by atoms with van der Waals surface area (Å²) in [5, 5.41) is 31.1. The summed E-state index contributed by atoms with van der Waals surface area (Å²) in [5.74, 6) is -1.16. The number of carbonyl (C=O) groups is 1. The summed E-state index contributed by atoms with van der Waals surface area (Å²) in [6, 6.07) is 13.3. The molecule has 172 valence electrons. The molecule has 2 aromatic carbocycles. The highest BCUT2D eigenvalue weighted by Crippen LogP contribution is 2.34. The van der Waals surface area contributed by atoms with Crippen molar-refractivity contribution in [2.24, 2.45) is 5.92 Å². The highest BCUT2D eigenvalue weighted by molar-refractivity contribution is 14.1. The maximum atomic E-state index is 11.9. The van der Waals surface area contributed by atoms with Crippen molar-refractivity contribution >= 4 is 40.2 Å². The van der Waals surface area contributed by atoms with Crippen LogP contribution in [0.5, 0.6) is 11.5 Å². The Bertz CT molecular complexity index is 941. The molecular formula is C25H29IO6. The second-order valence-corrected chi connectivity index (χ2v) is 8.37. The van der Waals surface area contributed by atoms with Gasteiger partial charge in [-0.05, 0) is 71.2 Å². The number of benzene rings is 2. The van der Waals surface area contributed by atoms with Crippen LogP contribution in [-0.2, 0) is 9.53 Å². The van der Waals surface area contributed by atoms with Crippen LogP contribution < -0.4 is 4.74 Å². The van der Waals surface area contributed by atoms with E-state index in [2.05, 4.69) is 6.58 Å². The third-order valence-electron chi connectivity index (χ3n) is 5.07. The largest absolute Gasteiger partial charge is 0.504 e. The van der Waals surface area contributed by atoms with E-state index in [0.29, 0.717) is 22.2 Å². The van der Waals surface area contributed by atoms with Gasteiger partial charge in [0.05, 0.1) is 23.4 Å². The van der Waals surface area contributed by atoms with Crippen molar-refractivity contribution in [1.29, 1.82) is 0 Å². The molecule has 0 fully saturated rings. The SMILES string of the molecule is C=C[C@H]([C@H](O)CC/C(=C/c1cc(I)c(O)c(OC)c1)c1ccccc1)[C@H](O)C(=O)OCC. The Morgan fingerprint density at radius 2 is 1.91 bits per heavy atom. The minimum Gasteiger partial charge on any atom is -0.504 e. The summed E-state index contributed by atoms with van der Waals surface area (Å²) >= 11 is 2.04. The Morgan fingerprint density at radius 3 is 2.50 bits per heavy atom. The number of methoxy groups -OCH3 is 1. The van der Waals surface area contributed by atoms with Crippen LogP contribution in [0.3, 0.4) is 0 Å². The fourth-order valence-electron chi connectivity index (χ4n) is 3.36. The third kappa shape index (κ3) is 6.82. The Morgan fingerprint density at radius 1 is 1.22 bits per heavy atom. The fraction of sp³-hybridized carbons (Fsp3) is 0.320. The van der Waals surface area contributed by atoms with Crippen molar-refractivity contribution < 1.29 is 29.6 Å². The number of allylic oxidation sites excluding steroid dienone is 1. The Kier molecular flexibility index (Phi) is 10.2. The van der Waals surface area contributed by atoms with Gasteiger partial charge in [-0.3, -0.25) is 0 Å². The van der Waals surface area contributed by atoms with Crippen molar-refractivity contribution in [3.63, 3.8) is 0 Å². The number of aromatic hydroxyl groups is 1. The van der Waals surface area contributed by atoms with Crippen LogP contribution >= 0.6 is 22.6 Å². The molecule has 0 amide bonds. The second-order valence-electron chi connectivity index (χ2n) is 7.21. The maximum Gasteiger partial charge on any atom is 0.335 e. The average molecular weight is 552 g/mol. The Balaban J connectivity index is 2.30. The van der Waals surface area contributed by atoms with E-state index in [-0.39, 0.29) is 12.4 Å². The topological polar surface area (TPSA) is 96.2 Å². The number of hydrogen-bond acceptors (Lipinski definition) is 6. The number of esters is 1. The lowest BCUT2D eigenvalue weighted by Gasteiger charge is -2.24. The van der Waals surface area contributed by atoms with E-state index in [1.165, 1.54) is 13.2 Å². The predicted molar refractivity (Wildman–Crippen MR) is 133 cm³/mol. The first-order chi connectivity index (χ1) is 15.3. The Labute approximate surface area is 202 Å². The van der Waals surface area contributed by atoms with Gasteiger partial charge in [-0.25, -0.2) is 4.79 Å². The summed E-state index contributed by atoms with van der Waals surface area (Å²) in [6.45, 7) is 5.45. The smallest absolute Gasteiger partial charge is 0.335 e. The molecule has 0 aromatic heterocycles. The number of aliphatic hydroxyl groups is 2. The van der Waals surface area contributed by atoms with Gasteiger partial charge in [0.15, 0.2) is 17.6 Å². The number of phenolic OH excluding ortho intramolecular Hbond substituents is 1. The minimum atomic E-state index is -1.48. The lowest BCUT2D eigenvalue weighted by Crippen LogP contribution is -2.37. The van der Waals surface area contributed by atoms with Crippen LogP contribution in [0.1, 0.15) is 30.9 Å². The molecule has 0 aliphatic rings. The van der Waals surface area contributed by atoms with Crippen molar-refractivity contribution in [2.75, 3.05) is 13.7 Å². The van der Waals surface area contributed by atoms with Gasteiger partial charge in [-0.15, -0.1) is 6.58 Å². The monoisotopic (exact) mass is 552 g/mol. The molecule has 0 saturated heterocycles. The number of halogens is 1. The van der Waals surface area contributed by atoms with E-state index >= 15 is 0 Å².